The van der Waals surface area contributed by atoms with Crippen LogP contribution in [0.5, 0.6) is 0 Å². The monoisotopic (exact) mass is 268 g/mol. The highest BCUT2D eigenvalue weighted by Crippen LogP contribution is 2.28. The normalized spacial score (nSPS) is 12.4. The van der Waals surface area contributed by atoms with Crippen LogP contribution in [0.25, 0.3) is 11.3 Å². The predicted molar refractivity (Wildman–Crippen MR) is 65.1 cm³/mol. The Morgan fingerprint density at radius 3 is 2.56 bits per heavy atom. The van der Waals surface area contributed by atoms with Gasteiger partial charge in [-0.3, -0.25) is 0 Å². The van der Waals surface area contributed by atoms with E-state index in [-0.39, 0.29) is 11.4 Å². The Bertz CT molecular complexity index is 578. The maximum atomic E-state index is 12.9. The Balaban J connectivity index is 2.63. The lowest BCUT2D eigenvalue weighted by Gasteiger charge is -2.10. The quantitative estimate of drug-likeness (QED) is 0.870. The zero-order chi connectivity index (χ0) is 13.3. The van der Waals surface area contributed by atoms with Gasteiger partial charge in [-0.05, 0) is 31.2 Å². The van der Waals surface area contributed by atoms with Gasteiger partial charge in [-0.2, -0.15) is 5.10 Å². The molecule has 94 valence electrons. The smallest absolute Gasteiger partial charge is 0.339 e. The minimum Gasteiger partial charge on any atom is -0.478 e. The van der Waals surface area contributed by atoms with Crippen molar-refractivity contribution in [2.24, 2.45) is 0 Å². The minimum absolute atomic E-state index is 0.0362. The van der Waals surface area contributed by atoms with E-state index in [4.69, 9.17) is 16.7 Å². The molecule has 18 heavy (non-hydrogen) atoms. The number of hydrogen-bond acceptors (Lipinski definition) is 2. The van der Waals surface area contributed by atoms with Gasteiger partial charge in [-0.15, -0.1) is 0 Å². The topological polar surface area (TPSA) is 55.1 Å². The number of hydrogen-bond donors (Lipinski definition) is 1. The molecule has 1 atom stereocenters. The van der Waals surface area contributed by atoms with Crippen LogP contribution < -0.4 is 0 Å². The van der Waals surface area contributed by atoms with Gasteiger partial charge in [0, 0.05) is 5.56 Å². The largest absolute Gasteiger partial charge is 0.478 e. The molecule has 1 aromatic carbocycles. The molecule has 4 nitrogen and oxygen atoms in total. The van der Waals surface area contributed by atoms with Gasteiger partial charge in [0.1, 0.15) is 16.9 Å². The zero-order valence-corrected chi connectivity index (χ0v) is 10.2. The molecule has 0 aliphatic carbocycles. The zero-order valence-electron chi connectivity index (χ0n) is 9.47. The summed E-state index contributed by atoms with van der Waals surface area (Å²) < 4.78 is 14.3. The summed E-state index contributed by atoms with van der Waals surface area (Å²) in [4.78, 5) is 11.1. The van der Waals surface area contributed by atoms with Crippen molar-refractivity contribution in [3.8, 4) is 11.3 Å². The number of aromatic carboxylic acids is 1. The number of benzene rings is 1. The highest BCUT2D eigenvalue weighted by atomic mass is 35.5. The summed E-state index contributed by atoms with van der Waals surface area (Å²) >= 11 is 5.94. The van der Waals surface area contributed by atoms with Crippen molar-refractivity contribution >= 4 is 17.6 Å². The van der Waals surface area contributed by atoms with Crippen molar-refractivity contribution in [3.05, 3.63) is 41.8 Å². The number of halogens is 2. The Morgan fingerprint density at radius 2 is 2.06 bits per heavy atom. The first-order valence-corrected chi connectivity index (χ1v) is 5.65. The fourth-order valence-electron chi connectivity index (χ4n) is 1.68. The van der Waals surface area contributed by atoms with Crippen molar-refractivity contribution in [1.82, 2.24) is 9.78 Å². The second-order valence-corrected chi connectivity index (χ2v) is 4.37. The van der Waals surface area contributed by atoms with Gasteiger partial charge in [-0.25, -0.2) is 13.9 Å². The van der Waals surface area contributed by atoms with Crippen LogP contribution in [0.3, 0.4) is 0 Å². The molecule has 0 aliphatic heterocycles. The number of rotatable bonds is 3. The van der Waals surface area contributed by atoms with E-state index < -0.39 is 11.5 Å². The van der Waals surface area contributed by atoms with Crippen LogP contribution in [0.15, 0.2) is 30.5 Å². The Kier molecular flexibility index (Phi) is 3.34. The maximum absolute atomic E-state index is 12.9. The summed E-state index contributed by atoms with van der Waals surface area (Å²) in [6.45, 7) is 1.67. The second-order valence-electron chi connectivity index (χ2n) is 3.74. The lowest BCUT2D eigenvalue weighted by atomic mass is 10.1. The number of alkyl halides is 1. The average Bonchev–Trinajstić information content (AvgIpc) is 2.74. The highest BCUT2D eigenvalue weighted by molar-refractivity contribution is 6.19. The molecule has 1 aromatic heterocycles. The fourth-order valence-corrected chi connectivity index (χ4v) is 1.83. The molecule has 6 heteroatoms. The second kappa shape index (κ2) is 4.78. The van der Waals surface area contributed by atoms with Crippen molar-refractivity contribution in [3.63, 3.8) is 0 Å². The van der Waals surface area contributed by atoms with E-state index in [9.17, 15) is 9.18 Å². The standard InChI is InChI=1S/C12H10ClFN2O2/c1-7(13)16-11(10(6-15-16)12(17)18)8-2-4-9(14)5-3-8/h2-7H,1H3,(H,17,18). The molecule has 0 amide bonds. The van der Waals surface area contributed by atoms with Crippen LogP contribution in [0.1, 0.15) is 22.8 Å². The van der Waals surface area contributed by atoms with Gasteiger partial charge in [-0.1, -0.05) is 11.6 Å². The van der Waals surface area contributed by atoms with Crippen molar-refractivity contribution < 1.29 is 14.3 Å². The van der Waals surface area contributed by atoms with Gasteiger partial charge in [0.2, 0.25) is 0 Å². The van der Waals surface area contributed by atoms with Crippen LogP contribution >= 0.6 is 11.6 Å². The first kappa shape index (κ1) is 12.6. The molecule has 0 spiro atoms. The van der Waals surface area contributed by atoms with E-state index in [1.54, 1.807) is 6.92 Å². The first-order valence-electron chi connectivity index (χ1n) is 5.21. The van der Waals surface area contributed by atoms with Gasteiger partial charge in [0.05, 0.1) is 11.9 Å². The molecule has 0 radical (unpaired) electrons. The fraction of sp³-hybridized carbons (Fsp3) is 0.167. The molecule has 0 aliphatic rings. The Hall–Kier alpha value is -1.88. The molecule has 0 saturated carbocycles. The maximum Gasteiger partial charge on any atom is 0.339 e. The summed E-state index contributed by atoms with van der Waals surface area (Å²) in [5.41, 5.74) is 0.455. The van der Waals surface area contributed by atoms with Crippen LogP contribution in [0.2, 0.25) is 0 Å². The van der Waals surface area contributed by atoms with E-state index in [2.05, 4.69) is 5.10 Å². The number of aromatic nitrogens is 2. The van der Waals surface area contributed by atoms with Crippen LogP contribution in [-0.4, -0.2) is 20.9 Å². The van der Waals surface area contributed by atoms with E-state index in [0.29, 0.717) is 11.3 Å². The van der Waals surface area contributed by atoms with E-state index in [0.717, 1.165) is 0 Å². The third-order valence-electron chi connectivity index (χ3n) is 2.48. The van der Waals surface area contributed by atoms with Gasteiger partial charge < -0.3 is 5.11 Å². The van der Waals surface area contributed by atoms with Gasteiger partial charge in [0.25, 0.3) is 0 Å². The van der Waals surface area contributed by atoms with Crippen LogP contribution in [0.4, 0.5) is 4.39 Å². The third-order valence-corrected chi connectivity index (χ3v) is 2.67. The summed E-state index contributed by atoms with van der Waals surface area (Å²) in [6, 6.07) is 5.51. The van der Waals surface area contributed by atoms with E-state index in [1.165, 1.54) is 35.1 Å². The van der Waals surface area contributed by atoms with E-state index >= 15 is 0 Å². The minimum atomic E-state index is -1.10. The Morgan fingerprint density at radius 1 is 1.44 bits per heavy atom. The third kappa shape index (κ3) is 2.22. The summed E-state index contributed by atoms with van der Waals surface area (Å²) in [5, 5.41) is 13.1. The molecule has 0 bridgehead atoms. The number of nitrogens with zero attached hydrogens (tertiary/aromatic N) is 2. The molecule has 1 unspecified atom stereocenters. The van der Waals surface area contributed by atoms with E-state index in [1.807, 2.05) is 0 Å². The highest BCUT2D eigenvalue weighted by Gasteiger charge is 2.20. The van der Waals surface area contributed by atoms with Gasteiger partial charge in [0.15, 0.2) is 0 Å². The molecule has 2 rings (SSSR count). The van der Waals surface area contributed by atoms with Crippen LogP contribution in [-0.2, 0) is 0 Å². The molecule has 0 saturated heterocycles. The molecule has 1 N–H and O–H groups in total. The first-order chi connectivity index (χ1) is 8.50. The number of carboxylic acid groups (broad SMARTS) is 1. The predicted octanol–water partition coefficient (Wildman–Crippen LogP) is 3.14. The molecular weight excluding hydrogens is 259 g/mol. The number of carbonyl (C=O) groups is 1. The SMILES string of the molecule is CC(Cl)n1ncc(C(=O)O)c1-c1ccc(F)cc1. The van der Waals surface area contributed by atoms with Crippen molar-refractivity contribution in [2.75, 3.05) is 0 Å². The molecule has 0 fully saturated rings. The summed E-state index contributed by atoms with van der Waals surface area (Å²) in [5.74, 6) is -1.49. The number of carboxylic acids is 1. The summed E-state index contributed by atoms with van der Waals surface area (Å²) in [7, 11) is 0. The van der Waals surface area contributed by atoms with Crippen molar-refractivity contribution in [2.45, 2.75) is 12.4 Å². The Labute approximate surface area is 108 Å². The van der Waals surface area contributed by atoms with Gasteiger partial charge >= 0.3 is 5.97 Å². The molecular formula is C12H10ClFN2O2. The van der Waals surface area contributed by atoms with Crippen molar-refractivity contribution in [1.29, 1.82) is 0 Å². The van der Waals surface area contributed by atoms with Crippen LogP contribution in [0, 0.1) is 5.82 Å². The summed E-state index contributed by atoms with van der Waals surface area (Å²) in [6.07, 6.45) is 1.24. The lowest BCUT2D eigenvalue weighted by Crippen LogP contribution is -2.05. The molecule has 2 aromatic rings. The lowest BCUT2D eigenvalue weighted by molar-refractivity contribution is 0.0697. The molecule has 1 heterocycles. The average molecular weight is 269 g/mol.